The lowest BCUT2D eigenvalue weighted by molar-refractivity contribution is 0.0252. The standard InChI is InChI=1S/C16H21N3O/c1-18(2)16(9-4-10-16)12-19(3)15(20)14-7-5-13(11-17)6-8-14/h5-8H,4,9-10,12H2,1-3H3. The molecule has 0 N–H and O–H groups in total. The maximum absolute atomic E-state index is 12.4. The Morgan fingerprint density at radius 2 is 1.85 bits per heavy atom. The molecule has 106 valence electrons. The Bertz CT molecular complexity index is 524. The topological polar surface area (TPSA) is 47.3 Å². The van der Waals surface area contributed by atoms with E-state index >= 15 is 0 Å². The highest BCUT2D eigenvalue weighted by atomic mass is 16.2. The molecule has 1 aliphatic rings. The molecule has 20 heavy (non-hydrogen) atoms. The maximum atomic E-state index is 12.4. The molecule has 1 amide bonds. The second-order valence-corrected chi connectivity index (χ2v) is 5.82. The van der Waals surface area contributed by atoms with E-state index in [1.165, 1.54) is 6.42 Å². The van der Waals surface area contributed by atoms with Crippen LogP contribution in [0, 0.1) is 11.3 Å². The molecule has 4 heteroatoms. The van der Waals surface area contributed by atoms with E-state index < -0.39 is 0 Å². The minimum Gasteiger partial charge on any atom is -0.340 e. The SMILES string of the molecule is CN(CC1(N(C)C)CCC1)C(=O)c1ccc(C#N)cc1. The van der Waals surface area contributed by atoms with Gasteiger partial charge in [0.15, 0.2) is 0 Å². The van der Waals surface area contributed by atoms with Gasteiger partial charge < -0.3 is 9.80 Å². The lowest BCUT2D eigenvalue weighted by Gasteiger charge is -2.49. The summed E-state index contributed by atoms with van der Waals surface area (Å²) in [5.74, 6) is 0.0163. The van der Waals surface area contributed by atoms with Gasteiger partial charge in [-0.2, -0.15) is 5.26 Å². The summed E-state index contributed by atoms with van der Waals surface area (Å²) < 4.78 is 0. The number of nitrogens with zero attached hydrogens (tertiary/aromatic N) is 3. The molecule has 4 nitrogen and oxygen atoms in total. The lowest BCUT2D eigenvalue weighted by atomic mass is 9.75. The maximum Gasteiger partial charge on any atom is 0.253 e. The zero-order valence-corrected chi connectivity index (χ0v) is 12.4. The first-order valence-corrected chi connectivity index (χ1v) is 6.91. The highest BCUT2D eigenvalue weighted by Gasteiger charge is 2.40. The van der Waals surface area contributed by atoms with Crippen LogP contribution in [-0.2, 0) is 0 Å². The van der Waals surface area contributed by atoms with Crippen LogP contribution >= 0.6 is 0 Å². The van der Waals surface area contributed by atoms with Crippen LogP contribution in [0.15, 0.2) is 24.3 Å². The van der Waals surface area contributed by atoms with Gasteiger partial charge in [0.2, 0.25) is 0 Å². The fourth-order valence-electron chi connectivity index (χ4n) is 2.75. The largest absolute Gasteiger partial charge is 0.340 e. The molecule has 0 unspecified atom stereocenters. The summed E-state index contributed by atoms with van der Waals surface area (Å²) in [6.07, 6.45) is 3.52. The number of benzene rings is 1. The number of hydrogen-bond acceptors (Lipinski definition) is 3. The van der Waals surface area contributed by atoms with Crippen molar-refractivity contribution >= 4 is 5.91 Å². The zero-order chi connectivity index (χ0) is 14.8. The molecule has 0 heterocycles. The van der Waals surface area contributed by atoms with E-state index in [1.807, 2.05) is 7.05 Å². The van der Waals surface area contributed by atoms with Gasteiger partial charge in [0.25, 0.3) is 5.91 Å². The zero-order valence-electron chi connectivity index (χ0n) is 12.4. The molecule has 2 rings (SSSR count). The molecule has 0 aliphatic heterocycles. The first-order valence-electron chi connectivity index (χ1n) is 6.91. The average Bonchev–Trinajstić information content (AvgIpc) is 2.41. The third-order valence-electron chi connectivity index (χ3n) is 4.37. The smallest absolute Gasteiger partial charge is 0.253 e. The van der Waals surface area contributed by atoms with Crippen LogP contribution in [0.25, 0.3) is 0 Å². The highest BCUT2D eigenvalue weighted by Crippen LogP contribution is 2.36. The van der Waals surface area contributed by atoms with Gasteiger partial charge in [0, 0.05) is 24.7 Å². The van der Waals surface area contributed by atoms with Gasteiger partial charge in [-0.1, -0.05) is 0 Å². The normalized spacial score (nSPS) is 16.4. The monoisotopic (exact) mass is 271 g/mol. The van der Waals surface area contributed by atoms with E-state index in [1.54, 1.807) is 29.2 Å². The third-order valence-corrected chi connectivity index (χ3v) is 4.37. The fraction of sp³-hybridized carbons (Fsp3) is 0.500. The van der Waals surface area contributed by atoms with Gasteiger partial charge in [0.05, 0.1) is 11.6 Å². The molecular formula is C16H21N3O. The van der Waals surface area contributed by atoms with Gasteiger partial charge in [-0.15, -0.1) is 0 Å². The van der Waals surface area contributed by atoms with E-state index in [4.69, 9.17) is 5.26 Å². The van der Waals surface area contributed by atoms with Crippen molar-refractivity contribution in [1.82, 2.24) is 9.80 Å². The van der Waals surface area contributed by atoms with Crippen molar-refractivity contribution in [2.24, 2.45) is 0 Å². The number of rotatable bonds is 4. The highest BCUT2D eigenvalue weighted by molar-refractivity contribution is 5.94. The number of likely N-dealkylation sites (N-methyl/N-ethyl adjacent to an activating group) is 2. The van der Waals surface area contributed by atoms with Crippen LogP contribution in [0.3, 0.4) is 0 Å². The molecule has 1 saturated carbocycles. The van der Waals surface area contributed by atoms with Gasteiger partial charge in [-0.25, -0.2) is 0 Å². The first kappa shape index (κ1) is 14.5. The quantitative estimate of drug-likeness (QED) is 0.842. The number of hydrogen-bond donors (Lipinski definition) is 0. The van der Waals surface area contributed by atoms with Crippen molar-refractivity contribution in [2.75, 3.05) is 27.7 Å². The minimum absolute atomic E-state index is 0.0163. The third kappa shape index (κ3) is 2.68. The van der Waals surface area contributed by atoms with Crippen molar-refractivity contribution in [3.05, 3.63) is 35.4 Å². The second-order valence-electron chi connectivity index (χ2n) is 5.82. The Morgan fingerprint density at radius 1 is 1.25 bits per heavy atom. The summed E-state index contributed by atoms with van der Waals surface area (Å²) in [5.41, 5.74) is 1.35. The molecule has 0 saturated heterocycles. The summed E-state index contributed by atoms with van der Waals surface area (Å²) in [5, 5.41) is 8.78. The molecule has 1 aromatic rings. The Hall–Kier alpha value is -1.86. The Labute approximate surface area is 120 Å². The summed E-state index contributed by atoms with van der Waals surface area (Å²) in [6, 6.07) is 8.88. The molecule has 1 fully saturated rings. The van der Waals surface area contributed by atoms with Crippen LogP contribution in [-0.4, -0.2) is 48.9 Å². The van der Waals surface area contributed by atoms with E-state index in [0.29, 0.717) is 11.1 Å². The molecular weight excluding hydrogens is 250 g/mol. The van der Waals surface area contributed by atoms with Crippen LogP contribution in [0.5, 0.6) is 0 Å². The van der Waals surface area contributed by atoms with E-state index in [0.717, 1.165) is 19.4 Å². The Morgan fingerprint density at radius 3 is 2.25 bits per heavy atom. The Kier molecular flexibility index (Phi) is 4.10. The summed E-state index contributed by atoms with van der Waals surface area (Å²) in [7, 11) is 6.02. The number of carbonyl (C=O) groups is 1. The summed E-state index contributed by atoms with van der Waals surface area (Å²) >= 11 is 0. The second kappa shape index (κ2) is 5.64. The fourth-order valence-corrected chi connectivity index (χ4v) is 2.75. The van der Waals surface area contributed by atoms with Crippen LogP contribution in [0.4, 0.5) is 0 Å². The molecule has 0 bridgehead atoms. The van der Waals surface area contributed by atoms with Crippen LogP contribution < -0.4 is 0 Å². The number of amides is 1. The molecule has 0 aromatic heterocycles. The Balaban J connectivity index is 2.06. The molecule has 0 radical (unpaired) electrons. The summed E-state index contributed by atoms with van der Waals surface area (Å²) in [4.78, 5) is 16.4. The van der Waals surface area contributed by atoms with Crippen molar-refractivity contribution in [3.8, 4) is 6.07 Å². The number of nitriles is 1. The minimum atomic E-state index is 0.0163. The van der Waals surface area contributed by atoms with E-state index in [2.05, 4.69) is 25.1 Å². The van der Waals surface area contributed by atoms with E-state index in [9.17, 15) is 4.79 Å². The molecule has 0 spiro atoms. The molecule has 1 aromatic carbocycles. The van der Waals surface area contributed by atoms with Crippen molar-refractivity contribution in [3.63, 3.8) is 0 Å². The average molecular weight is 271 g/mol. The van der Waals surface area contributed by atoms with Crippen molar-refractivity contribution < 1.29 is 4.79 Å². The van der Waals surface area contributed by atoms with Gasteiger partial charge in [-0.05, 0) is 57.6 Å². The van der Waals surface area contributed by atoms with Gasteiger partial charge in [-0.3, -0.25) is 4.79 Å². The molecule has 0 atom stereocenters. The lowest BCUT2D eigenvalue weighted by Crippen LogP contribution is -2.57. The molecule has 1 aliphatic carbocycles. The van der Waals surface area contributed by atoms with Gasteiger partial charge in [0.1, 0.15) is 0 Å². The van der Waals surface area contributed by atoms with Crippen molar-refractivity contribution in [2.45, 2.75) is 24.8 Å². The predicted octanol–water partition coefficient (Wildman–Crippen LogP) is 2.11. The summed E-state index contributed by atoms with van der Waals surface area (Å²) in [6.45, 7) is 0.749. The van der Waals surface area contributed by atoms with Gasteiger partial charge >= 0.3 is 0 Å². The predicted molar refractivity (Wildman–Crippen MR) is 78.4 cm³/mol. The van der Waals surface area contributed by atoms with Crippen LogP contribution in [0.2, 0.25) is 0 Å². The number of carbonyl (C=O) groups excluding carboxylic acids is 1. The van der Waals surface area contributed by atoms with Crippen LogP contribution in [0.1, 0.15) is 35.2 Å². The van der Waals surface area contributed by atoms with Crippen molar-refractivity contribution in [1.29, 1.82) is 5.26 Å². The van der Waals surface area contributed by atoms with E-state index in [-0.39, 0.29) is 11.4 Å². The first-order chi connectivity index (χ1) is 9.48.